The Hall–Kier alpha value is -3.45. The molecule has 1 aliphatic rings. The van der Waals surface area contributed by atoms with Gasteiger partial charge in [0.25, 0.3) is 5.91 Å². The molecule has 1 saturated heterocycles. The van der Waals surface area contributed by atoms with Crippen molar-refractivity contribution < 1.29 is 14.4 Å². The number of carbonyl (C=O) groups excluding carboxylic acids is 3. The molecule has 6 nitrogen and oxygen atoms in total. The molecule has 0 saturated carbocycles. The van der Waals surface area contributed by atoms with Gasteiger partial charge in [-0.1, -0.05) is 73.5 Å². The van der Waals surface area contributed by atoms with E-state index in [0.717, 1.165) is 40.2 Å². The average molecular weight is 490 g/mol. The fourth-order valence-electron chi connectivity index (χ4n) is 4.31. The van der Waals surface area contributed by atoms with Gasteiger partial charge >= 0.3 is 6.03 Å². The van der Waals surface area contributed by atoms with E-state index in [1.807, 2.05) is 60.8 Å². The minimum Gasteiger partial charge on any atom is -0.343 e. The zero-order valence-corrected chi connectivity index (χ0v) is 21.2. The Labute approximate surface area is 210 Å². The van der Waals surface area contributed by atoms with Gasteiger partial charge in [-0.3, -0.25) is 14.5 Å². The lowest BCUT2D eigenvalue weighted by atomic mass is 9.91. The summed E-state index contributed by atoms with van der Waals surface area (Å²) in [7, 11) is 0. The van der Waals surface area contributed by atoms with Gasteiger partial charge in [0.2, 0.25) is 5.91 Å². The first-order chi connectivity index (χ1) is 16.8. The van der Waals surface area contributed by atoms with E-state index in [1.165, 1.54) is 5.56 Å². The van der Waals surface area contributed by atoms with Gasteiger partial charge in [-0.25, -0.2) is 4.79 Å². The summed E-state index contributed by atoms with van der Waals surface area (Å²) >= 11 is 1.55. The molecule has 4 rings (SSSR count). The molecule has 182 valence electrons. The van der Waals surface area contributed by atoms with Gasteiger partial charge in [0, 0.05) is 4.88 Å². The van der Waals surface area contributed by atoms with Crippen molar-refractivity contribution in [1.29, 1.82) is 0 Å². The fourth-order valence-corrected chi connectivity index (χ4v) is 5.11. The quantitative estimate of drug-likeness (QED) is 0.412. The number of carbonyl (C=O) groups is 3. The summed E-state index contributed by atoms with van der Waals surface area (Å²) in [5, 5.41) is 7.77. The summed E-state index contributed by atoms with van der Waals surface area (Å²) in [6.07, 6.45) is 3.30. The number of unbranched alkanes of at least 4 members (excludes halogenated alkanes) is 1. The number of hydrogen-bond acceptors (Lipinski definition) is 4. The molecule has 2 atom stereocenters. The Morgan fingerprint density at radius 1 is 1.09 bits per heavy atom. The Bertz CT molecular complexity index is 1190. The van der Waals surface area contributed by atoms with E-state index in [4.69, 9.17) is 0 Å². The Morgan fingerprint density at radius 3 is 2.43 bits per heavy atom. The van der Waals surface area contributed by atoms with Crippen LogP contribution in [0.15, 0.2) is 66.0 Å². The summed E-state index contributed by atoms with van der Waals surface area (Å²) in [6, 6.07) is 18.7. The van der Waals surface area contributed by atoms with Gasteiger partial charge in [0.05, 0.1) is 6.04 Å². The van der Waals surface area contributed by atoms with Crippen LogP contribution in [0.25, 0.3) is 0 Å². The molecule has 7 heteroatoms. The number of aryl methyl sites for hydroxylation is 2. The molecule has 2 N–H and O–H groups in total. The van der Waals surface area contributed by atoms with Crippen LogP contribution in [0, 0.1) is 6.92 Å². The molecule has 4 amide bonds. The van der Waals surface area contributed by atoms with E-state index < -0.39 is 23.4 Å². The highest BCUT2D eigenvalue weighted by atomic mass is 32.1. The highest BCUT2D eigenvalue weighted by Gasteiger charge is 2.49. The zero-order chi connectivity index (χ0) is 25.0. The Kier molecular flexibility index (Phi) is 7.36. The monoisotopic (exact) mass is 489 g/mol. The first kappa shape index (κ1) is 24.7. The predicted octanol–water partition coefficient (Wildman–Crippen LogP) is 5.07. The molecule has 2 aromatic carbocycles. The van der Waals surface area contributed by atoms with Crippen molar-refractivity contribution in [2.75, 3.05) is 6.54 Å². The third-order valence-corrected chi connectivity index (χ3v) is 7.41. The number of hydrogen-bond donors (Lipinski definition) is 2. The second-order valence-corrected chi connectivity index (χ2v) is 10.2. The second kappa shape index (κ2) is 10.4. The molecule has 0 radical (unpaired) electrons. The lowest BCUT2D eigenvalue weighted by Gasteiger charge is -2.23. The van der Waals surface area contributed by atoms with Crippen LogP contribution in [0.2, 0.25) is 0 Å². The average Bonchev–Trinajstić information content (AvgIpc) is 3.46. The summed E-state index contributed by atoms with van der Waals surface area (Å²) in [5.74, 6) is -0.829. The van der Waals surface area contributed by atoms with Crippen molar-refractivity contribution in [3.05, 3.63) is 93.2 Å². The smallest absolute Gasteiger partial charge is 0.325 e. The minimum absolute atomic E-state index is 0.345. The van der Waals surface area contributed by atoms with Crippen molar-refractivity contribution in [2.24, 2.45) is 0 Å². The number of urea groups is 1. The Balaban J connectivity index is 1.49. The van der Waals surface area contributed by atoms with Gasteiger partial charge in [-0.05, 0) is 54.8 Å². The minimum atomic E-state index is -1.20. The number of rotatable bonds is 9. The van der Waals surface area contributed by atoms with Crippen LogP contribution >= 0.6 is 11.3 Å². The summed E-state index contributed by atoms with van der Waals surface area (Å²) < 4.78 is 0. The maximum absolute atomic E-state index is 13.2. The van der Waals surface area contributed by atoms with Crippen LogP contribution < -0.4 is 10.6 Å². The maximum atomic E-state index is 13.2. The molecule has 1 aliphatic heterocycles. The zero-order valence-electron chi connectivity index (χ0n) is 20.3. The van der Waals surface area contributed by atoms with Crippen LogP contribution in [0.3, 0.4) is 0 Å². The number of nitrogens with zero attached hydrogens (tertiary/aromatic N) is 1. The van der Waals surface area contributed by atoms with Crippen LogP contribution in [-0.4, -0.2) is 29.3 Å². The number of nitrogens with one attached hydrogen (secondary N) is 2. The first-order valence-corrected chi connectivity index (χ1v) is 12.8. The molecule has 1 fully saturated rings. The third-order valence-electron chi connectivity index (χ3n) is 6.47. The van der Waals surface area contributed by atoms with Gasteiger partial charge < -0.3 is 10.6 Å². The highest BCUT2D eigenvalue weighted by Crippen LogP contribution is 2.30. The van der Waals surface area contributed by atoms with E-state index >= 15 is 0 Å². The van der Waals surface area contributed by atoms with Crippen molar-refractivity contribution >= 4 is 29.2 Å². The van der Waals surface area contributed by atoms with Gasteiger partial charge in [0.15, 0.2) is 0 Å². The first-order valence-electron chi connectivity index (χ1n) is 11.9. The molecule has 35 heavy (non-hydrogen) atoms. The van der Waals surface area contributed by atoms with Crippen LogP contribution in [0.4, 0.5) is 4.79 Å². The van der Waals surface area contributed by atoms with Gasteiger partial charge in [-0.2, -0.15) is 0 Å². The van der Waals surface area contributed by atoms with E-state index in [0.29, 0.717) is 5.56 Å². The van der Waals surface area contributed by atoms with E-state index in [9.17, 15) is 14.4 Å². The number of imide groups is 1. The maximum Gasteiger partial charge on any atom is 0.325 e. The summed E-state index contributed by atoms with van der Waals surface area (Å²) in [6.45, 7) is 5.46. The van der Waals surface area contributed by atoms with Crippen molar-refractivity contribution in [3.8, 4) is 0 Å². The van der Waals surface area contributed by atoms with Gasteiger partial charge in [-0.15, -0.1) is 11.3 Å². The largest absolute Gasteiger partial charge is 0.343 e. The van der Waals surface area contributed by atoms with E-state index in [1.54, 1.807) is 18.3 Å². The molecule has 2 unspecified atom stereocenters. The SMILES string of the molecule is CCCCc1ccc(C(NC(=O)CN2C(=O)NC(C)(c3ccc(C)cc3)C2=O)c2cccs2)cc1. The standard InChI is InChI=1S/C28H31N3O3S/c1-4-5-7-20-11-13-21(14-12-20)25(23-8-6-17-35-23)29-24(32)18-31-26(33)28(3,30-27(31)34)22-15-9-19(2)10-16-22/h6,8-17,25H,4-5,7,18H2,1-3H3,(H,29,32)(H,30,34). The summed E-state index contributed by atoms with van der Waals surface area (Å²) in [5.41, 5.74) is 2.77. The van der Waals surface area contributed by atoms with Crippen LogP contribution in [-0.2, 0) is 21.5 Å². The van der Waals surface area contributed by atoms with Crippen molar-refractivity contribution in [3.63, 3.8) is 0 Å². The highest BCUT2D eigenvalue weighted by molar-refractivity contribution is 7.10. The molecule has 0 bridgehead atoms. The molecular formula is C28H31N3O3S. The van der Waals surface area contributed by atoms with E-state index in [2.05, 4.69) is 29.7 Å². The molecule has 0 aliphatic carbocycles. The van der Waals surface area contributed by atoms with Crippen LogP contribution in [0.5, 0.6) is 0 Å². The van der Waals surface area contributed by atoms with Gasteiger partial charge in [0.1, 0.15) is 12.1 Å². The molecule has 2 heterocycles. The summed E-state index contributed by atoms with van der Waals surface area (Å²) in [4.78, 5) is 41.0. The number of thiophene rings is 1. The van der Waals surface area contributed by atoms with Crippen LogP contribution in [0.1, 0.15) is 59.9 Å². The third kappa shape index (κ3) is 5.30. The predicted molar refractivity (Wildman–Crippen MR) is 138 cm³/mol. The number of amides is 4. The lowest BCUT2D eigenvalue weighted by Crippen LogP contribution is -2.44. The molecule has 1 aromatic heterocycles. The molecular weight excluding hydrogens is 458 g/mol. The van der Waals surface area contributed by atoms with Crippen molar-refractivity contribution in [1.82, 2.24) is 15.5 Å². The van der Waals surface area contributed by atoms with Crippen molar-refractivity contribution in [2.45, 2.75) is 51.6 Å². The molecule has 3 aromatic rings. The fraction of sp³-hybridized carbons (Fsp3) is 0.321. The molecule has 0 spiro atoms. The Morgan fingerprint density at radius 2 is 1.80 bits per heavy atom. The lowest BCUT2D eigenvalue weighted by molar-refractivity contribution is -0.135. The topological polar surface area (TPSA) is 78.5 Å². The normalized spacial score (nSPS) is 18.4. The van der Waals surface area contributed by atoms with E-state index in [-0.39, 0.29) is 12.6 Å². The number of benzene rings is 2. The second-order valence-electron chi connectivity index (χ2n) is 9.17.